The molecular formula is C14H26N6O. The van der Waals surface area contributed by atoms with Gasteiger partial charge in [0.15, 0.2) is 0 Å². The minimum atomic E-state index is 0.228. The molecule has 1 aromatic heterocycles. The first-order chi connectivity index (χ1) is 10.1. The summed E-state index contributed by atoms with van der Waals surface area (Å²) >= 11 is 0. The van der Waals surface area contributed by atoms with Gasteiger partial charge in [-0.25, -0.2) is 0 Å². The quantitative estimate of drug-likeness (QED) is 0.847. The van der Waals surface area contributed by atoms with E-state index in [2.05, 4.69) is 19.9 Å². The van der Waals surface area contributed by atoms with Crippen LogP contribution in [-0.4, -0.2) is 54.3 Å². The molecule has 0 bridgehead atoms. The van der Waals surface area contributed by atoms with E-state index >= 15 is 0 Å². The summed E-state index contributed by atoms with van der Waals surface area (Å²) in [6.07, 6.45) is 3.86. The smallest absolute Gasteiger partial charge is 0.231 e. The SMILES string of the molecule is CC(C)OCCN(C)c1nc(N)nc(N2CCCCC2)n1. The van der Waals surface area contributed by atoms with E-state index < -0.39 is 0 Å². The van der Waals surface area contributed by atoms with Crippen LogP contribution < -0.4 is 15.5 Å². The molecule has 2 N–H and O–H groups in total. The van der Waals surface area contributed by atoms with E-state index in [1.807, 2.05) is 25.8 Å². The van der Waals surface area contributed by atoms with Gasteiger partial charge in [-0.05, 0) is 33.1 Å². The molecule has 0 aliphatic carbocycles. The van der Waals surface area contributed by atoms with Gasteiger partial charge < -0.3 is 20.3 Å². The standard InChI is InChI=1S/C14H26N6O/c1-11(2)21-10-9-19(3)13-16-12(15)17-14(18-13)20-7-5-4-6-8-20/h11H,4-10H2,1-3H3,(H2,15,16,17,18). The van der Waals surface area contributed by atoms with Gasteiger partial charge in [0.1, 0.15) is 0 Å². The largest absolute Gasteiger partial charge is 0.377 e. The zero-order valence-corrected chi connectivity index (χ0v) is 13.2. The Morgan fingerprint density at radius 2 is 1.90 bits per heavy atom. The highest BCUT2D eigenvalue weighted by atomic mass is 16.5. The first-order valence-electron chi connectivity index (χ1n) is 7.65. The first-order valence-corrected chi connectivity index (χ1v) is 7.65. The van der Waals surface area contributed by atoms with Gasteiger partial charge in [-0.2, -0.15) is 15.0 Å². The predicted molar refractivity (Wildman–Crippen MR) is 84.7 cm³/mol. The predicted octanol–water partition coefficient (Wildman–Crippen LogP) is 1.31. The third-order valence-corrected chi connectivity index (χ3v) is 3.49. The summed E-state index contributed by atoms with van der Waals surface area (Å²) < 4.78 is 5.56. The van der Waals surface area contributed by atoms with Crippen LogP contribution in [0.1, 0.15) is 33.1 Å². The third-order valence-electron chi connectivity index (χ3n) is 3.49. The van der Waals surface area contributed by atoms with Crippen molar-refractivity contribution in [2.24, 2.45) is 0 Å². The second-order valence-electron chi connectivity index (χ2n) is 5.68. The zero-order valence-electron chi connectivity index (χ0n) is 13.2. The third kappa shape index (κ3) is 4.70. The van der Waals surface area contributed by atoms with E-state index in [1.54, 1.807) is 0 Å². The molecule has 0 radical (unpaired) electrons. The van der Waals surface area contributed by atoms with E-state index in [0.29, 0.717) is 18.5 Å². The molecule has 7 nitrogen and oxygen atoms in total. The van der Waals surface area contributed by atoms with Gasteiger partial charge in [0, 0.05) is 26.7 Å². The number of ether oxygens (including phenoxy) is 1. The van der Waals surface area contributed by atoms with Crippen LogP contribution in [0.15, 0.2) is 0 Å². The van der Waals surface area contributed by atoms with Gasteiger partial charge in [0.05, 0.1) is 12.7 Å². The van der Waals surface area contributed by atoms with Crippen molar-refractivity contribution in [3.8, 4) is 0 Å². The molecule has 0 spiro atoms. The van der Waals surface area contributed by atoms with E-state index in [1.165, 1.54) is 19.3 Å². The highest BCUT2D eigenvalue weighted by Gasteiger charge is 2.16. The van der Waals surface area contributed by atoms with Gasteiger partial charge in [0.2, 0.25) is 17.8 Å². The lowest BCUT2D eigenvalue weighted by molar-refractivity contribution is 0.0844. The molecule has 0 saturated carbocycles. The van der Waals surface area contributed by atoms with Gasteiger partial charge in [0.25, 0.3) is 0 Å². The number of rotatable bonds is 6. The first kappa shape index (κ1) is 15.8. The molecule has 1 saturated heterocycles. The number of piperidine rings is 1. The molecule has 1 aliphatic heterocycles. The maximum Gasteiger partial charge on any atom is 0.231 e. The Balaban J connectivity index is 2.03. The van der Waals surface area contributed by atoms with Crippen LogP contribution >= 0.6 is 0 Å². The maximum absolute atomic E-state index is 5.83. The van der Waals surface area contributed by atoms with Crippen LogP contribution in [0.4, 0.5) is 17.8 Å². The number of hydrogen-bond donors (Lipinski definition) is 1. The zero-order chi connectivity index (χ0) is 15.2. The van der Waals surface area contributed by atoms with Crippen molar-refractivity contribution in [1.29, 1.82) is 0 Å². The number of anilines is 3. The molecule has 21 heavy (non-hydrogen) atoms. The summed E-state index contributed by atoms with van der Waals surface area (Å²) in [4.78, 5) is 17.2. The fourth-order valence-electron chi connectivity index (χ4n) is 2.30. The van der Waals surface area contributed by atoms with Crippen molar-refractivity contribution in [3.63, 3.8) is 0 Å². The Labute approximate surface area is 126 Å². The van der Waals surface area contributed by atoms with Crippen LogP contribution in [0.25, 0.3) is 0 Å². The second kappa shape index (κ2) is 7.40. The lowest BCUT2D eigenvalue weighted by Gasteiger charge is -2.27. The van der Waals surface area contributed by atoms with Gasteiger partial charge in [-0.3, -0.25) is 0 Å². The highest BCUT2D eigenvalue weighted by Crippen LogP contribution is 2.18. The summed E-state index contributed by atoms with van der Waals surface area (Å²) in [6.45, 7) is 7.39. The van der Waals surface area contributed by atoms with Crippen molar-refractivity contribution in [3.05, 3.63) is 0 Å². The van der Waals surface area contributed by atoms with E-state index in [0.717, 1.165) is 19.6 Å². The lowest BCUT2D eigenvalue weighted by atomic mass is 10.1. The Kier molecular flexibility index (Phi) is 5.55. The van der Waals surface area contributed by atoms with E-state index in [4.69, 9.17) is 10.5 Å². The van der Waals surface area contributed by atoms with Crippen LogP contribution in [0.5, 0.6) is 0 Å². The molecule has 2 rings (SSSR count). The maximum atomic E-state index is 5.83. The fourth-order valence-corrected chi connectivity index (χ4v) is 2.30. The molecule has 0 amide bonds. The minimum Gasteiger partial charge on any atom is -0.377 e. The van der Waals surface area contributed by atoms with Crippen molar-refractivity contribution in [2.75, 3.05) is 48.8 Å². The van der Waals surface area contributed by atoms with Crippen molar-refractivity contribution < 1.29 is 4.74 Å². The van der Waals surface area contributed by atoms with Crippen molar-refractivity contribution in [1.82, 2.24) is 15.0 Å². The summed E-state index contributed by atoms with van der Waals surface area (Å²) in [5, 5.41) is 0. The number of nitrogen functional groups attached to an aromatic ring is 1. The van der Waals surface area contributed by atoms with E-state index in [-0.39, 0.29) is 12.1 Å². The normalized spacial score (nSPS) is 15.5. The Hall–Kier alpha value is -1.63. The number of hydrogen-bond acceptors (Lipinski definition) is 7. The number of aromatic nitrogens is 3. The van der Waals surface area contributed by atoms with Gasteiger partial charge in [-0.1, -0.05) is 0 Å². The molecular weight excluding hydrogens is 268 g/mol. The molecule has 7 heteroatoms. The average molecular weight is 294 g/mol. The fraction of sp³-hybridized carbons (Fsp3) is 0.786. The molecule has 118 valence electrons. The van der Waals surface area contributed by atoms with Crippen LogP contribution in [0, 0.1) is 0 Å². The van der Waals surface area contributed by atoms with Crippen LogP contribution in [0.2, 0.25) is 0 Å². The monoisotopic (exact) mass is 294 g/mol. The molecule has 1 aromatic rings. The minimum absolute atomic E-state index is 0.228. The second-order valence-corrected chi connectivity index (χ2v) is 5.68. The molecule has 0 unspecified atom stereocenters. The molecule has 1 aliphatic rings. The Morgan fingerprint density at radius 3 is 2.57 bits per heavy atom. The summed E-state index contributed by atoms with van der Waals surface area (Å²) in [5.41, 5.74) is 5.83. The Morgan fingerprint density at radius 1 is 1.19 bits per heavy atom. The number of nitrogens with zero attached hydrogens (tertiary/aromatic N) is 5. The summed E-state index contributed by atoms with van der Waals surface area (Å²) in [7, 11) is 1.94. The van der Waals surface area contributed by atoms with Crippen LogP contribution in [0.3, 0.4) is 0 Å². The van der Waals surface area contributed by atoms with E-state index in [9.17, 15) is 0 Å². The summed E-state index contributed by atoms with van der Waals surface area (Å²) in [6, 6.07) is 0. The molecule has 0 atom stereocenters. The molecule has 1 fully saturated rings. The number of nitrogens with two attached hydrogens (primary N) is 1. The Bertz CT molecular complexity index is 447. The van der Waals surface area contributed by atoms with Crippen LogP contribution in [-0.2, 0) is 4.74 Å². The molecule has 0 aromatic carbocycles. The lowest BCUT2D eigenvalue weighted by Crippen LogP contribution is -2.32. The molecule has 2 heterocycles. The number of likely N-dealkylation sites (N-methyl/N-ethyl adjacent to an activating group) is 1. The summed E-state index contributed by atoms with van der Waals surface area (Å²) in [5.74, 6) is 1.57. The van der Waals surface area contributed by atoms with Gasteiger partial charge in [-0.15, -0.1) is 0 Å². The topological polar surface area (TPSA) is 80.4 Å². The highest BCUT2D eigenvalue weighted by molar-refractivity contribution is 5.43. The van der Waals surface area contributed by atoms with Crippen molar-refractivity contribution >= 4 is 17.8 Å². The average Bonchev–Trinajstić information content (AvgIpc) is 2.47. The van der Waals surface area contributed by atoms with Gasteiger partial charge >= 0.3 is 0 Å². The van der Waals surface area contributed by atoms with Crippen molar-refractivity contribution in [2.45, 2.75) is 39.2 Å².